The predicted molar refractivity (Wildman–Crippen MR) is 106 cm³/mol. The van der Waals surface area contributed by atoms with Crippen LogP contribution in [0.25, 0.3) is 10.2 Å². The Morgan fingerprint density at radius 1 is 1.19 bits per heavy atom. The highest BCUT2D eigenvalue weighted by molar-refractivity contribution is 7.20. The Hall–Kier alpha value is -2.51. The first kappa shape index (κ1) is 19.3. The summed E-state index contributed by atoms with van der Waals surface area (Å²) in [6.45, 7) is 4.81. The van der Waals surface area contributed by atoms with Gasteiger partial charge in [0.05, 0.1) is 17.4 Å². The number of aryl methyl sites for hydroxylation is 2. The summed E-state index contributed by atoms with van der Waals surface area (Å²) in [6.07, 6.45) is 0. The van der Waals surface area contributed by atoms with E-state index in [1.54, 1.807) is 19.1 Å². The fourth-order valence-corrected chi connectivity index (χ4v) is 4.16. The van der Waals surface area contributed by atoms with E-state index in [1.807, 2.05) is 32.2 Å². The predicted octanol–water partition coefficient (Wildman–Crippen LogP) is 3.74. The maximum atomic E-state index is 13.1. The van der Waals surface area contributed by atoms with E-state index < -0.39 is 0 Å². The van der Waals surface area contributed by atoms with Gasteiger partial charge in [-0.15, -0.1) is 11.3 Å². The molecule has 0 spiro atoms. The third-order valence-electron chi connectivity index (χ3n) is 4.48. The lowest BCUT2D eigenvalue weighted by Gasteiger charge is -2.18. The number of ether oxygens (including phenoxy) is 2. The van der Waals surface area contributed by atoms with E-state index in [1.165, 1.54) is 16.9 Å². The molecule has 0 unspecified atom stereocenters. The first-order valence-corrected chi connectivity index (χ1v) is 9.40. The molecule has 142 valence electrons. The van der Waals surface area contributed by atoms with Gasteiger partial charge in [0.25, 0.3) is 5.91 Å². The molecular formula is C20H23N3O3S. The molecule has 0 aliphatic carbocycles. The Bertz CT molecular complexity index is 984. The molecule has 7 heteroatoms. The maximum Gasteiger partial charge on any atom is 0.264 e. The maximum absolute atomic E-state index is 13.1. The zero-order valence-electron chi connectivity index (χ0n) is 16.2. The fraction of sp³-hybridized carbons (Fsp3) is 0.350. The van der Waals surface area contributed by atoms with Gasteiger partial charge < -0.3 is 14.4 Å². The van der Waals surface area contributed by atoms with Crippen LogP contribution in [0.5, 0.6) is 5.88 Å². The number of methoxy groups -OCH3 is 2. The molecule has 1 amide bonds. The number of thiophene rings is 1. The van der Waals surface area contributed by atoms with Gasteiger partial charge in [0, 0.05) is 20.7 Å². The number of fused-ring (bicyclic) bond motifs is 1. The number of carbonyl (C=O) groups excluding carboxylic acids is 1. The average molecular weight is 385 g/mol. The van der Waals surface area contributed by atoms with E-state index in [0.717, 1.165) is 21.3 Å². The second-order valence-electron chi connectivity index (χ2n) is 6.41. The summed E-state index contributed by atoms with van der Waals surface area (Å²) in [6, 6.07) is 8.08. The molecule has 0 fully saturated rings. The number of hydrogen-bond acceptors (Lipinski definition) is 6. The third kappa shape index (κ3) is 3.79. The molecule has 0 aliphatic heterocycles. The molecular weight excluding hydrogens is 362 g/mol. The van der Waals surface area contributed by atoms with Crippen molar-refractivity contribution in [1.82, 2.24) is 14.9 Å². The zero-order valence-corrected chi connectivity index (χ0v) is 17.0. The molecule has 0 radical (unpaired) electrons. The van der Waals surface area contributed by atoms with Crippen molar-refractivity contribution in [3.8, 4) is 5.88 Å². The summed E-state index contributed by atoms with van der Waals surface area (Å²) in [5.41, 5.74) is 3.14. The second kappa shape index (κ2) is 8.02. The molecule has 6 nitrogen and oxygen atoms in total. The van der Waals surface area contributed by atoms with Crippen LogP contribution in [-0.4, -0.2) is 42.0 Å². The smallest absolute Gasteiger partial charge is 0.264 e. The molecule has 0 saturated carbocycles. The first-order valence-electron chi connectivity index (χ1n) is 8.59. The molecule has 27 heavy (non-hydrogen) atoms. The Balaban J connectivity index is 1.97. The standard InChI is InChI=1S/C20H23N3O3S/c1-12-8-6-7-9-14(12)10-23(3)20(24)17-13(2)16-18(26-5)21-15(11-25-4)22-19(16)27-17/h6-9H,10-11H2,1-5H3. The number of benzene rings is 1. The number of nitrogens with zero attached hydrogens (tertiary/aromatic N) is 3. The Morgan fingerprint density at radius 2 is 1.93 bits per heavy atom. The van der Waals surface area contributed by atoms with Crippen molar-refractivity contribution in [1.29, 1.82) is 0 Å². The van der Waals surface area contributed by atoms with Gasteiger partial charge in [-0.2, -0.15) is 4.98 Å². The molecule has 0 N–H and O–H groups in total. The van der Waals surface area contributed by atoms with Crippen molar-refractivity contribution in [2.45, 2.75) is 27.0 Å². The van der Waals surface area contributed by atoms with Crippen molar-refractivity contribution in [2.24, 2.45) is 0 Å². The van der Waals surface area contributed by atoms with Crippen LogP contribution in [-0.2, 0) is 17.9 Å². The summed E-state index contributed by atoms with van der Waals surface area (Å²) >= 11 is 1.37. The quantitative estimate of drug-likeness (QED) is 0.647. The van der Waals surface area contributed by atoms with Gasteiger partial charge in [-0.1, -0.05) is 24.3 Å². The fourth-order valence-electron chi connectivity index (χ4n) is 2.98. The first-order chi connectivity index (χ1) is 13.0. The van der Waals surface area contributed by atoms with Crippen molar-refractivity contribution in [3.05, 3.63) is 51.7 Å². The highest BCUT2D eigenvalue weighted by Gasteiger charge is 2.23. The largest absolute Gasteiger partial charge is 0.480 e. The highest BCUT2D eigenvalue weighted by Crippen LogP contribution is 2.35. The van der Waals surface area contributed by atoms with Crippen molar-refractivity contribution < 1.29 is 14.3 Å². The average Bonchev–Trinajstić information content (AvgIpc) is 2.99. The summed E-state index contributed by atoms with van der Waals surface area (Å²) in [4.78, 5) is 25.1. The van der Waals surface area contributed by atoms with E-state index in [0.29, 0.717) is 29.7 Å². The topological polar surface area (TPSA) is 64.6 Å². The molecule has 3 rings (SSSR count). The minimum Gasteiger partial charge on any atom is -0.480 e. The van der Waals surface area contributed by atoms with Gasteiger partial charge in [0.2, 0.25) is 5.88 Å². The van der Waals surface area contributed by atoms with E-state index in [-0.39, 0.29) is 5.91 Å². The van der Waals surface area contributed by atoms with Crippen LogP contribution in [0, 0.1) is 13.8 Å². The molecule has 0 saturated heterocycles. The summed E-state index contributed by atoms with van der Waals surface area (Å²) in [5, 5.41) is 0.787. The lowest BCUT2D eigenvalue weighted by atomic mass is 10.1. The van der Waals surface area contributed by atoms with Crippen molar-refractivity contribution >= 4 is 27.5 Å². The van der Waals surface area contributed by atoms with Crippen molar-refractivity contribution in [3.63, 3.8) is 0 Å². The number of hydrogen-bond donors (Lipinski definition) is 0. The van der Waals surface area contributed by atoms with Gasteiger partial charge in [-0.05, 0) is 30.5 Å². The number of rotatable bonds is 6. The summed E-state index contributed by atoms with van der Waals surface area (Å²) in [5.74, 6) is 0.978. The van der Waals surface area contributed by atoms with Gasteiger partial charge >= 0.3 is 0 Å². The number of amides is 1. The SMILES string of the molecule is COCc1nc(OC)c2c(C)c(C(=O)N(C)Cc3ccccc3C)sc2n1. The van der Waals surface area contributed by atoms with Crippen molar-refractivity contribution in [2.75, 3.05) is 21.3 Å². The van der Waals surface area contributed by atoms with E-state index in [4.69, 9.17) is 9.47 Å². The summed E-state index contributed by atoms with van der Waals surface area (Å²) < 4.78 is 10.6. The van der Waals surface area contributed by atoms with Crippen LogP contribution in [0.1, 0.15) is 32.2 Å². The molecule has 0 bridgehead atoms. The molecule has 3 aromatic rings. The van der Waals surface area contributed by atoms with Gasteiger partial charge in [0.1, 0.15) is 11.4 Å². The van der Waals surface area contributed by atoms with Crippen LogP contribution in [0.15, 0.2) is 24.3 Å². The van der Waals surface area contributed by atoms with Crippen LogP contribution >= 0.6 is 11.3 Å². The van der Waals surface area contributed by atoms with Crippen LogP contribution < -0.4 is 4.74 Å². The van der Waals surface area contributed by atoms with Gasteiger partial charge in [-0.25, -0.2) is 4.98 Å². The van der Waals surface area contributed by atoms with Gasteiger partial charge in [0.15, 0.2) is 5.82 Å². The minimum atomic E-state index is -0.0332. The Labute approximate surface area is 162 Å². The second-order valence-corrected chi connectivity index (χ2v) is 7.41. The molecule has 0 atom stereocenters. The number of aromatic nitrogens is 2. The molecule has 1 aromatic carbocycles. The zero-order chi connectivity index (χ0) is 19.6. The molecule has 2 heterocycles. The number of carbonyl (C=O) groups is 1. The minimum absolute atomic E-state index is 0.0332. The molecule has 0 aliphatic rings. The lowest BCUT2D eigenvalue weighted by Crippen LogP contribution is -2.26. The lowest BCUT2D eigenvalue weighted by molar-refractivity contribution is 0.0789. The molecule has 2 aromatic heterocycles. The van der Waals surface area contributed by atoms with E-state index >= 15 is 0 Å². The Morgan fingerprint density at radius 3 is 2.59 bits per heavy atom. The normalized spacial score (nSPS) is 11.0. The van der Waals surface area contributed by atoms with E-state index in [2.05, 4.69) is 23.0 Å². The van der Waals surface area contributed by atoms with Crippen LogP contribution in [0.2, 0.25) is 0 Å². The van der Waals surface area contributed by atoms with Crippen LogP contribution in [0.3, 0.4) is 0 Å². The third-order valence-corrected chi connectivity index (χ3v) is 5.65. The monoisotopic (exact) mass is 385 g/mol. The van der Waals surface area contributed by atoms with Crippen LogP contribution in [0.4, 0.5) is 0 Å². The summed E-state index contributed by atoms with van der Waals surface area (Å²) in [7, 11) is 4.98. The van der Waals surface area contributed by atoms with Gasteiger partial charge in [-0.3, -0.25) is 4.79 Å². The van der Waals surface area contributed by atoms with E-state index in [9.17, 15) is 4.79 Å². The Kier molecular flexibility index (Phi) is 5.72. The highest BCUT2D eigenvalue weighted by atomic mass is 32.1.